The van der Waals surface area contributed by atoms with Gasteiger partial charge >= 0.3 is 0 Å². The quantitative estimate of drug-likeness (QED) is 0.0303. The number of hydrogen-bond acceptors (Lipinski definition) is 14. The Kier molecular flexibility index (Phi) is 31.3. The number of nitrogens with zero attached hydrogens (tertiary/aromatic N) is 3. The van der Waals surface area contributed by atoms with Crippen LogP contribution in [-0.2, 0) is 58.9 Å². The molecule has 1 aliphatic rings. The first-order valence-corrected chi connectivity index (χ1v) is 30.0. The van der Waals surface area contributed by atoms with E-state index < -0.39 is 60.3 Å². The standard InChI is InChI=1S/C58H90Br2N8O12/c1-13-38(6)53(67(10)57(76)51(36(2)3)65-56(75)52(37(4)5)66(8)9)48(77-11)33-47(70)45-21-17-24-68(45)58(78-12)39(7)54(73)64-44(29-40-19-15-14-16-20-40)55(74)61-23-26-80-28-27-79-25-18-22-46(69)41-30-42(62-49(71)34-59)32-43(31-41)63-50(72)35-60/h14-16,19-20,30-32,36-39,44-45,48,51-53,58H,13,17-18,21-29,33-35H2,1-12H3,(H,61,74)(H,62,71)(H,63,72)(H,64,73)(H,65,75)/t38-,39-,44+,45?,48+,51+,52-,53-,58+/m0/s1. The monoisotopic (exact) mass is 1250 g/mol. The first-order valence-electron chi connectivity index (χ1n) is 27.8. The van der Waals surface area contributed by atoms with Crippen LogP contribution in [0.2, 0.25) is 0 Å². The van der Waals surface area contributed by atoms with E-state index in [1.54, 1.807) is 44.2 Å². The van der Waals surface area contributed by atoms with Gasteiger partial charge in [0.05, 0.1) is 60.6 Å². The number of carbonyl (C=O) groups is 8. The van der Waals surface area contributed by atoms with E-state index in [1.165, 1.54) is 7.11 Å². The molecule has 22 heteroatoms. The van der Waals surface area contributed by atoms with Crippen LogP contribution in [0.3, 0.4) is 0 Å². The largest absolute Gasteiger partial charge is 0.379 e. The van der Waals surface area contributed by atoms with Crippen LogP contribution >= 0.6 is 31.9 Å². The van der Waals surface area contributed by atoms with Crippen LogP contribution < -0.4 is 26.6 Å². The lowest BCUT2D eigenvalue weighted by atomic mass is 9.88. The molecule has 0 spiro atoms. The number of halogens is 2. The summed E-state index contributed by atoms with van der Waals surface area (Å²) in [5.74, 6) is -3.32. The van der Waals surface area contributed by atoms with E-state index >= 15 is 0 Å². The predicted molar refractivity (Wildman–Crippen MR) is 317 cm³/mol. The zero-order valence-corrected chi connectivity index (χ0v) is 52.2. The number of likely N-dealkylation sites (tertiary alicyclic amines) is 1. The third kappa shape index (κ3) is 21.9. The molecule has 0 saturated carbocycles. The number of benzene rings is 2. The van der Waals surface area contributed by atoms with Crippen LogP contribution in [0.25, 0.3) is 0 Å². The summed E-state index contributed by atoms with van der Waals surface area (Å²) in [6, 6.07) is 10.8. The summed E-state index contributed by atoms with van der Waals surface area (Å²) < 4.78 is 23.5. The first kappa shape index (κ1) is 69.6. The fourth-order valence-corrected chi connectivity index (χ4v) is 10.5. The van der Waals surface area contributed by atoms with Crippen molar-refractivity contribution >= 4 is 90.2 Å². The molecule has 9 atom stereocenters. The second-order valence-electron chi connectivity index (χ2n) is 21.4. The molecule has 0 bridgehead atoms. The van der Waals surface area contributed by atoms with Crippen molar-refractivity contribution in [3.8, 4) is 0 Å². The molecule has 1 fully saturated rings. The van der Waals surface area contributed by atoms with Crippen LogP contribution in [0.5, 0.6) is 0 Å². The molecular formula is C58H90Br2N8O12. The van der Waals surface area contributed by atoms with Gasteiger partial charge < -0.3 is 50.4 Å². The number of Topliss-reactive ketones (excluding diaryl/α,β-unsaturated/α-hetero) is 2. The first-order chi connectivity index (χ1) is 38.0. The molecule has 1 heterocycles. The summed E-state index contributed by atoms with van der Waals surface area (Å²) >= 11 is 6.21. The van der Waals surface area contributed by atoms with Gasteiger partial charge in [-0.2, -0.15) is 0 Å². The van der Waals surface area contributed by atoms with Crippen molar-refractivity contribution in [2.45, 2.75) is 136 Å². The number of nitrogens with one attached hydrogen (secondary N) is 5. The molecule has 20 nitrogen and oxygen atoms in total. The summed E-state index contributed by atoms with van der Waals surface area (Å²) in [5, 5.41) is 14.4. The number of alkyl halides is 2. The van der Waals surface area contributed by atoms with Crippen molar-refractivity contribution in [1.29, 1.82) is 0 Å². The Morgan fingerprint density at radius 3 is 1.90 bits per heavy atom. The van der Waals surface area contributed by atoms with Gasteiger partial charge in [-0.1, -0.05) is 110 Å². The van der Waals surface area contributed by atoms with Crippen LogP contribution in [0.15, 0.2) is 48.5 Å². The zero-order valence-electron chi connectivity index (χ0n) is 49.1. The van der Waals surface area contributed by atoms with Crippen LogP contribution in [0.4, 0.5) is 11.4 Å². The molecule has 3 rings (SSSR count). The Hall–Kier alpha value is -4.68. The molecule has 80 heavy (non-hydrogen) atoms. The molecule has 0 aromatic heterocycles. The Morgan fingerprint density at radius 1 is 0.750 bits per heavy atom. The van der Waals surface area contributed by atoms with Crippen molar-refractivity contribution in [1.82, 2.24) is 30.7 Å². The number of anilines is 2. The molecule has 448 valence electrons. The van der Waals surface area contributed by atoms with Crippen LogP contribution in [0.1, 0.15) is 103 Å². The van der Waals surface area contributed by atoms with E-state index in [-0.39, 0.29) is 116 Å². The van der Waals surface area contributed by atoms with E-state index in [4.69, 9.17) is 18.9 Å². The average molecular weight is 1250 g/mol. The van der Waals surface area contributed by atoms with Crippen molar-refractivity contribution in [2.24, 2.45) is 23.7 Å². The predicted octanol–water partition coefficient (Wildman–Crippen LogP) is 5.84. The third-order valence-corrected chi connectivity index (χ3v) is 15.5. The summed E-state index contributed by atoms with van der Waals surface area (Å²) in [5.41, 5.74) is 1.92. The van der Waals surface area contributed by atoms with Gasteiger partial charge in [0, 0.05) is 77.2 Å². The second-order valence-corrected chi connectivity index (χ2v) is 22.5. The van der Waals surface area contributed by atoms with Gasteiger partial charge in [0.2, 0.25) is 35.4 Å². The number of ether oxygens (including phenoxy) is 4. The highest BCUT2D eigenvalue weighted by atomic mass is 79.9. The maximum Gasteiger partial charge on any atom is 0.245 e. The zero-order chi connectivity index (χ0) is 59.6. The maximum absolute atomic E-state index is 14.5. The molecule has 1 unspecified atom stereocenters. The molecule has 1 saturated heterocycles. The average Bonchev–Trinajstić information content (AvgIpc) is 3.91. The normalized spacial score (nSPS) is 16.7. The summed E-state index contributed by atoms with van der Waals surface area (Å²) in [6.45, 7) is 15.1. The Labute approximate surface area is 491 Å². The minimum absolute atomic E-state index is 0.00348. The molecule has 1 aliphatic heterocycles. The number of hydrogen-bond donors (Lipinski definition) is 5. The molecule has 6 amide bonds. The van der Waals surface area contributed by atoms with Crippen molar-refractivity contribution in [3.63, 3.8) is 0 Å². The van der Waals surface area contributed by atoms with Gasteiger partial charge in [-0.3, -0.25) is 48.2 Å². The molecule has 0 aliphatic carbocycles. The highest BCUT2D eigenvalue weighted by Gasteiger charge is 2.44. The van der Waals surface area contributed by atoms with Crippen molar-refractivity contribution < 1.29 is 57.3 Å². The second kappa shape index (κ2) is 36.0. The van der Waals surface area contributed by atoms with E-state index in [0.29, 0.717) is 49.2 Å². The highest BCUT2D eigenvalue weighted by molar-refractivity contribution is 9.09. The van der Waals surface area contributed by atoms with E-state index in [1.807, 2.05) is 95.8 Å². The molecule has 0 radical (unpaired) electrons. The number of rotatable bonds is 37. The summed E-state index contributed by atoms with van der Waals surface area (Å²) in [7, 11) is 8.45. The van der Waals surface area contributed by atoms with Crippen LogP contribution in [-0.4, -0.2) is 190 Å². The van der Waals surface area contributed by atoms with Gasteiger partial charge in [0.25, 0.3) is 0 Å². The van der Waals surface area contributed by atoms with Crippen LogP contribution in [0, 0.1) is 23.7 Å². The van der Waals surface area contributed by atoms with E-state index in [0.717, 1.165) is 5.56 Å². The fourth-order valence-electron chi connectivity index (χ4n) is 10.2. The summed E-state index contributed by atoms with van der Waals surface area (Å²) in [4.78, 5) is 113. The minimum Gasteiger partial charge on any atom is -0.379 e. The SMILES string of the molecule is CC[C@H](C)[C@@H]([C@@H](CC(=O)C1CCCN1[C@H](OC)[C@@H](C)C(=O)N[C@H](Cc1ccccc1)C(=O)NCCOCCOCCCC(=O)c1cc(NC(=O)CBr)cc(NC(=O)CBr)c1)OC)N(C)C(=O)[C@H](NC(=O)[C@H](C(C)C)N(C)C)C(C)C. The lowest BCUT2D eigenvalue weighted by Gasteiger charge is -2.41. The minimum atomic E-state index is -0.949. The van der Waals surface area contributed by atoms with Crippen molar-refractivity contribution in [3.05, 3.63) is 59.7 Å². The van der Waals surface area contributed by atoms with Gasteiger partial charge in [-0.15, -0.1) is 0 Å². The number of methoxy groups -OCH3 is 2. The lowest BCUT2D eigenvalue weighted by molar-refractivity contribution is -0.148. The lowest BCUT2D eigenvalue weighted by Crippen LogP contribution is -2.59. The maximum atomic E-state index is 14.5. The van der Waals surface area contributed by atoms with Gasteiger partial charge in [-0.05, 0) is 81.8 Å². The highest BCUT2D eigenvalue weighted by Crippen LogP contribution is 2.30. The Bertz CT molecular complexity index is 2270. The van der Waals surface area contributed by atoms with Gasteiger partial charge in [-0.25, -0.2) is 0 Å². The van der Waals surface area contributed by atoms with Gasteiger partial charge in [0.15, 0.2) is 11.6 Å². The van der Waals surface area contributed by atoms with Gasteiger partial charge in [0.1, 0.15) is 18.3 Å². The van der Waals surface area contributed by atoms with Crippen molar-refractivity contribution in [2.75, 3.05) is 96.2 Å². The number of likely N-dealkylation sites (N-methyl/N-ethyl adjacent to an activating group) is 2. The molecule has 2 aromatic rings. The smallest absolute Gasteiger partial charge is 0.245 e. The van der Waals surface area contributed by atoms with E-state index in [2.05, 4.69) is 58.4 Å². The molecule has 5 N–H and O–H groups in total. The molecular weight excluding hydrogens is 1160 g/mol. The Morgan fingerprint density at radius 2 is 1.36 bits per heavy atom. The third-order valence-electron chi connectivity index (χ3n) is 14.5. The fraction of sp³-hybridized carbons (Fsp3) is 0.655. The Balaban J connectivity index is 1.61. The number of ketones is 2. The summed E-state index contributed by atoms with van der Waals surface area (Å²) in [6.07, 6.45) is 1.22. The molecule has 2 aromatic carbocycles. The number of amides is 6. The number of carbonyl (C=O) groups excluding carboxylic acids is 8. The topological polar surface area (TPSA) is 243 Å². The van der Waals surface area contributed by atoms with E-state index in [9.17, 15) is 38.4 Å².